The number of benzene rings is 1. The molecule has 2 amide bonds. The van der Waals surface area contributed by atoms with Crippen LogP contribution in [0.2, 0.25) is 0 Å². The van der Waals surface area contributed by atoms with Crippen molar-refractivity contribution in [2.75, 3.05) is 26.7 Å². The lowest BCUT2D eigenvalue weighted by Gasteiger charge is -2.36. The van der Waals surface area contributed by atoms with Crippen LogP contribution in [0.5, 0.6) is 0 Å². The van der Waals surface area contributed by atoms with E-state index in [1.165, 1.54) is 32.1 Å². The van der Waals surface area contributed by atoms with Gasteiger partial charge in [-0.1, -0.05) is 31.4 Å². The molecule has 1 aliphatic heterocycles. The molecule has 6 nitrogen and oxygen atoms in total. The molecule has 0 unspecified atom stereocenters. The van der Waals surface area contributed by atoms with Crippen LogP contribution >= 0.6 is 0 Å². The maximum absolute atomic E-state index is 13.0. The van der Waals surface area contributed by atoms with E-state index in [1.54, 1.807) is 0 Å². The fourth-order valence-corrected chi connectivity index (χ4v) is 4.79. The molecular formula is C23H32N4O2. The van der Waals surface area contributed by atoms with Crippen molar-refractivity contribution in [3.05, 3.63) is 30.1 Å². The van der Waals surface area contributed by atoms with Gasteiger partial charge in [-0.3, -0.25) is 9.59 Å². The van der Waals surface area contributed by atoms with Gasteiger partial charge in [-0.05, 0) is 37.3 Å². The molecule has 6 heteroatoms. The van der Waals surface area contributed by atoms with E-state index in [0.29, 0.717) is 38.3 Å². The number of imidazole rings is 1. The first-order chi connectivity index (χ1) is 14.1. The number of rotatable bonds is 6. The zero-order valence-electron chi connectivity index (χ0n) is 17.4. The highest BCUT2D eigenvalue weighted by Crippen LogP contribution is 2.27. The Kier molecular flexibility index (Phi) is 6.16. The van der Waals surface area contributed by atoms with Crippen molar-refractivity contribution in [3.8, 4) is 0 Å². The summed E-state index contributed by atoms with van der Waals surface area (Å²) in [7, 11) is 1.87. The molecule has 0 spiro atoms. The molecule has 2 fully saturated rings. The number of likely N-dealkylation sites (tertiary alicyclic amines) is 1. The number of carbonyl (C=O) groups is 2. The van der Waals surface area contributed by atoms with Gasteiger partial charge in [0.15, 0.2) is 0 Å². The first-order valence-electron chi connectivity index (χ1n) is 11.1. The zero-order chi connectivity index (χ0) is 20.2. The first-order valence-corrected chi connectivity index (χ1v) is 11.1. The minimum absolute atomic E-state index is 0.0723. The number of fused-ring (bicyclic) bond motifs is 1. The number of hydrogen-bond acceptors (Lipinski definition) is 3. The maximum Gasteiger partial charge on any atom is 0.227 e. The van der Waals surface area contributed by atoms with Crippen LogP contribution in [0.1, 0.15) is 50.8 Å². The van der Waals surface area contributed by atoms with E-state index in [0.717, 1.165) is 23.4 Å². The number of para-hydroxylation sites is 2. The van der Waals surface area contributed by atoms with Gasteiger partial charge >= 0.3 is 0 Å². The summed E-state index contributed by atoms with van der Waals surface area (Å²) >= 11 is 0. The highest BCUT2D eigenvalue weighted by Gasteiger charge is 2.33. The van der Waals surface area contributed by atoms with Crippen molar-refractivity contribution < 1.29 is 9.59 Å². The van der Waals surface area contributed by atoms with Crippen molar-refractivity contribution in [1.29, 1.82) is 0 Å². The molecule has 1 aromatic carbocycles. The highest BCUT2D eigenvalue weighted by atomic mass is 16.2. The number of piperidine rings is 1. The second kappa shape index (κ2) is 8.97. The molecule has 1 aromatic heterocycles. The van der Waals surface area contributed by atoms with E-state index in [1.807, 2.05) is 41.1 Å². The van der Waals surface area contributed by atoms with E-state index in [-0.39, 0.29) is 17.7 Å². The monoisotopic (exact) mass is 396 g/mol. The van der Waals surface area contributed by atoms with E-state index in [4.69, 9.17) is 0 Å². The lowest BCUT2D eigenvalue weighted by Crippen LogP contribution is -2.48. The Labute approximate surface area is 172 Å². The number of aromatic nitrogens is 2. The smallest absolute Gasteiger partial charge is 0.227 e. The van der Waals surface area contributed by atoms with Crippen LogP contribution in [0.25, 0.3) is 11.0 Å². The molecule has 1 atom stereocenters. The summed E-state index contributed by atoms with van der Waals surface area (Å²) in [5.74, 6) is 1.83. The minimum Gasteiger partial charge on any atom is -0.345 e. The fourth-order valence-electron chi connectivity index (χ4n) is 4.79. The molecule has 1 N–H and O–H groups in total. The van der Waals surface area contributed by atoms with E-state index < -0.39 is 0 Å². The van der Waals surface area contributed by atoms with Crippen LogP contribution in [-0.2, 0) is 16.0 Å². The van der Waals surface area contributed by atoms with E-state index >= 15 is 0 Å². The molecule has 2 aliphatic rings. The summed E-state index contributed by atoms with van der Waals surface area (Å²) in [6.45, 7) is 2.06. The van der Waals surface area contributed by atoms with Gasteiger partial charge in [0.2, 0.25) is 11.8 Å². The molecule has 4 rings (SSSR count). The summed E-state index contributed by atoms with van der Waals surface area (Å²) in [6, 6.07) is 7.97. The van der Waals surface area contributed by atoms with E-state index in [2.05, 4.69) is 9.97 Å². The number of amides is 2. The minimum atomic E-state index is -0.0723. The van der Waals surface area contributed by atoms with Gasteiger partial charge in [-0.15, -0.1) is 0 Å². The third-order valence-corrected chi connectivity index (χ3v) is 6.55. The van der Waals surface area contributed by atoms with Gasteiger partial charge in [0, 0.05) is 39.5 Å². The summed E-state index contributed by atoms with van der Waals surface area (Å²) in [5, 5.41) is 0. The Balaban J connectivity index is 1.30. The van der Waals surface area contributed by atoms with Crippen LogP contribution in [0.15, 0.2) is 24.3 Å². The second-order valence-corrected chi connectivity index (χ2v) is 8.75. The van der Waals surface area contributed by atoms with Crippen LogP contribution in [0, 0.1) is 11.8 Å². The van der Waals surface area contributed by atoms with Crippen molar-refractivity contribution in [3.63, 3.8) is 0 Å². The SMILES string of the molecule is CN(CCc1nc2ccccc2[nH]1)C(=O)[C@H]1CCC(=O)N(CC2CCCCC2)C1. The highest BCUT2D eigenvalue weighted by molar-refractivity contribution is 5.83. The Morgan fingerprint density at radius 2 is 2.00 bits per heavy atom. The predicted molar refractivity (Wildman–Crippen MR) is 113 cm³/mol. The Morgan fingerprint density at radius 1 is 1.21 bits per heavy atom. The molecule has 0 bridgehead atoms. The van der Waals surface area contributed by atoms with Gasteiger partial charge in [-0.2, -0.15) is 0 Å². The molecular weight excluding hydrogens is 364 g/mol. The number of carbonyl (C=O) groups excluding carboxylic acids is 2. The largest absolute Gasteiger partial charge is 0.345 e. The molecule has 156 valence electrons. The quantitative estimate of drug-likeness (QED) is 0.814. The number of likely N-dealkylation sites (N-methyl/N-ethyl adjacent to an activating group) is 1. The molecule has 2 aromatic rings. The zero-order valence-corrected chi connectivity index (χ0v) is 17.4. The van der Waals surface area contributed by atoms with Gasteiger partial charge in [-0.25, -0.2) is 4.98 Å². The first kappa shape index (κ1) is 19.9. The predicted octanol–water partition coefficient (Wildman–Crippen LogP) is 3.38. The van der Waals surface area contributed by atoms with Crippen molar-refractivity contribution in [2.45, 2.75) is 51.4 Å². The summed E-state index contributed by atoms with van der Waals surface area (Å²) in [6.07, 6.45) is 8.20. The Bertz CT molecular complexity index is 822. The van der Waals surface area contributed by atoms with Gasteiger partial charge in [0.05, 0.1) is 17.0 Å². The van der Waals surface area contributed by atoms with Crippen LogP contribution < -0.4 is 0 Å². The topological polar surface area (TPSA) is 69.3 Å². The van der Waals surface area contributed by atoms with E-state index in [9.17, 15) is 9.59 Å². The standard InChI is InChI=1S/C23H32N4O2/c1-26(14-13-21-24-19-9-5-6-10-20(19)25-21)23(29)18-11-12-22(28)27(16-18)15-17-7-3-2-4-8-17/h5-6,9-10,17-18H,2-4,7-8,11-16H2,1H3,(H,24,25)/t18-/m0/s1. The van der Waals surface area contributed by atoms with Crippen LogP contribution in [-0.4, -0.2) is 58.3 Å². The molecule has 1 saturated carbocycles. The van der Waals surface area contributed by atoms with Gasteiger partial charge in [0.1, 0.15) is 5.82 Å². The molecule has 1 aliphatic carbocycles. The van der Waals surface area contributed by atoms with Crippen LogP contribution in [0.4, 0.5) is 0 Å². The van der Waals surface area contributed by atoms with Crippen LogP contribution in [0.3, 0.4) is 0 Å². The Morgan fingerprint density at radius 3 is 2.79 bits per heavy atom. The molecule has 2 heterocycles. The average Bonchev–Trinajstić information content (AvgIpc) is 3.17. The summed E-state index contributed by atoms with van der Waals surface area (Å²) < 4.78 is 0. The number of aromatic amines is 1. The lowest BCUT2D eigenvalue weighted by molar-refractivity contribution is -0.142. The van der Waals surface area contributed by atoms with Crippen molar-refractivity contribution >= 4 is 22.8 Å². The number of hydrogen-bond donors (Lipinski definition) is 1. The number of nitrogens with zero attached hydrogens (tertiary/aromatic N) is 3. The maximum atomic E-state index is 13.0. The fraction of sp³-hybridized carbons (Fsp3) is 0.609. The number of H-pyrrole nitrogens is 1. The van der Waals surface area contributed by atoms with Crippen molar-refractivity contribution in [2.24, 2.45) is 11.8 Å². The summed E-state index contributed by atoms with van der Waals surface area (Å²) in [4.78, 5) is 37.1. The molecule has 29 heavy (non-hydrogen) atoms. The normalized spacial score (nSPS) is 20.9. The third-order valence-electron chi connectivity index (χ3n) is 6.55. The van der Waals surface area contributed by atoms with Gasteiger partial charge < -0.3 is 14.8 Å². The Hall–Kier alpha value is -2.37. The number of nitrogens with one attached hydrogen (secondary N) is 1. The van der Waals surface area contributed by atoms with Crippen molar-refractivity contribution in [1.82, 2.24) is 19.8 Å². The van der Waals surface area contributed by atoms with Gasteiger partial charge in [0.25, 0.3) is 0 Å². The average molecular weight is 397 g/mol. The second-order valence-electron chi connectivity index (χ2n) is 8.75. The molecule has 1 saturated heterocycles. The third kappa shape index (κ3) is 4.80. The molecule has 0 radical (unpaired) electrons. The lowest BCUT2D eigenvalue weighted by atomic mass is 9.87. The summed E-state index contributed by atoms with van der Waals surface area (Å²) in [5.41, 5.74) is 1.99.